The molecule has 1 aliphatic rings. The minimum Gasteiger partial charge on any atom is -0.447 e. The minimum atomic E-state index is -1.20. The van der Waals surface area contributed by atoms with E-state index < -0.39 is 51.5 Å². The van der Waals surface area contributed by atoms with Crippen LogP contribution in [-0.2, 0) is 39.9 Å². The van der Waals surface area contributed by atoms with E-state index in [4.69, 9.17) is 15.2 Å². The number of aryl methyl sites for hydroxylation is 1. The van der Waals surface area contributed by atoms with E-state index in [1.807, 2.05) is 105 Å². The summed E-state index contributed by atoms with van der Waals surface area (Å²) in [7, 11) is 0. The summed E-state index contributed by atoms with van der Waals surface area (Å²) < 4.78 is 13.7. The third kappa shape index (κ3) is 11.5. The maximum atomic E-state index is 15.2. The van der Waals surface area contributed by atoms with Crippen molar-refractivity contribution in [3.05, 3.63) is 149 Å². The van der Waals surface area contributed by atoms with E-state index in [9.17, 15) is 19.5 Å². The van der Waals surface area contributed by atoms with Gasteiger partial charge >= 0.3 is 6.09 Å². The molecule has 0 spiro atoms. The first-order valence-corrected chi connectivity index (χ1v) is 22.1. The van der Waals surface area contributed by atoms with Crippen molar-refractivity contribution in [2.45, 2.75) is 61.4 Å². The number of thioether (sulfide) groups is 1. The minimum absolute atomic E-state index is 0.0199. The van der Waals surface area contributed by atoms with E-state index in [2.05, 4.69) is 56.8 Å². The van der Waals surface area contributed by atoms with Gasteiger partial charge in [0, 0.05) is 24.3 Å². The molecule has 4 aromatic carbocycles. The number of benzene rings is 4. The number of carbonyl (C=O) groups excluding carboxylic acids is 4. The summed E-state index contributed by atoms with van der Waals surface area (Å²) in [6, 6.07) is 35.7. The quantitative estimate of drug-likeness (QED) is 0.0550. The molecule has 62 heavy (non-hydrogen) atoms. The third-order valence-electron chi connectivity index (χ3n) is 10.6. The first kappa shape index (κ1) is 45.9. The number of hydrogen-bond acceptors (Lipinski definition) is 11. The number of nitrogens with one attached hydrogen (secondary N) is 2. The maximum absolute atomic E-state index is 15.2. The Hall–Kier alpha value is -5.58. The molecule has 0 saturated carbocycles. The van der Waals surface area contributed by atoms with Gasteiger partial charge in [0.25, 0.3) is 0 Å². The highest BCUT2D eigenvalue weighted by Gasteiger charge is 2.50. The van der Waals surface area contributed by atoms with Crippen molar-refractivity contribution >= 4 is 46.9 Å². The van der Waals surface area contributed by atoms with Crippen LogP contribution in [0.5, 0.6) is 0 Å². The Labute approximate surface area is 370 Å². The van der Waals surface area contributed by atoms with E-state index in [1.165, 1.54) is 16.7 Å². The number of ether oxygens (including phenoxy) is 3. The number of nitrogens with zero attached hydrogens (tertiary/aromatic N) is 2. The van der Waals surface area contributed by atoms with Crippen molar-refractivity contribution < 1.29 is 38.5 Å². The predicted molar refractivity (Wildman–Crippen MR) is 240 cm³/mol. The molecule has 4 amide bonds. The van der Waals surface area contributed by atoms with Gasteiger partial charge in [0.15, 0.2) is 0 Å². The Morgan fingerprint density at radius 1 is 0.855 bits per heavy atom. The second-order valence-electron chi connectivity index (χ2n) is 15.4. The summed E-state index contributed by atoms with van der Waals surface area (Å²) in [4.78, 5) is 60.6. The van der Waals surface area contributed by atoms with E-state index >= 15 is 4.79 Å². The van der Waals surface area contributed by atoms with Crippen molar-refractivity contribution in [1.29, 1.82) is 0 Å². The number of hydrogen-bond donors (Lipinski definition) is 4. The molecule has 1 unspecified atom stereocenters. The molecule has 15 heteroatoms. The number of rotatable bonds is 20. The molecule has 6 rings (SSSR count). The molecule has 5 N–H and O–H groups in total. The van der Waals surface area contributed by atoms with E-state index in [0.29, 0.717) is 0 Å². The van der Waals surface area contributed by atoms with Crippen molar-refractivity contribution in [3.63, 3.8) is 0 Å². The van der Waals surface area contributed by atoms with Gasteiger partial charge in [0.1, 0.15) is 25.3 Å². The molecule has 0 radical (unpaired) electrons. The van der Waals surface area contributed by atoms with Crippen LogP contribution >= 0.6 is 23.1 Å². The standard InChI is InChI=1S/C47H53N5O8S2/c1-32-41(61-31-50-32)34-21-19-33(20-22-34)28-49-43(55)39-27-38(53)29-52(39)44(56)42(51-40(54)30-59-24-23-58-25-26-60-45(48)57)46(2,3)62-47(35-13-7-4-8-14-35,36-15-9-5-10-16-36)37-17-11-6-12-18-37/h4-22,31,38-39,42,53H,23-30H2,1-3H3,(H2,48,57)(H,49,55)(H,51,54)/t38-,39+,42?/m1/s1. The number of likely N-dealkylation sites (tertiary alicyclic amines) is 1. The average Bonchev–Trinajstić information content (AvgIpc) is 3.90. The number of nitrogens with two attached hydrogens (primary N) is 1. The zero-order valence-electron chi connectivity index (χ0n) is 35.0. The summed E-state index contributed by atoms with van der Waals surface area (Å²) in [5.74, 6) is -1.49. The number of carbonyl (C=O) groups is 4. The molecule has 1 saturated heterocycles. The number of thiazole rings is 1. The maximum Gasteiger partial charge on any atom is 0.404 e. The second kappa shape index (κ2) is 21.5. The number of primary amides is 1. The van der Waals surface area contributed by atoms with Gasteiger partial charge in [-0.05, 0) is 48.6 Å². The van der Waals surface area contributed by atoms with Crippen LogP contribution in [0.3, 0.4) is 0 Å². The van der Waals surface area contributed by atoms with Gasteiger partial charge < -0.3 is 40.6 Å². The lowest BCUT2D eigenvalue weighted by Crippen LogP contribution is -2.61. The lowest BCUT2D eigenvalue weighted by atomic mass is 9.84. The molecule has 13 nitrogen and oxygen atoms in total. The van der Waals surface area contributed by atoms with Gasteiger partial charge in [-0.2, -0.15) is 0 Å². The van der Waals surface area contributed by atoms with Crippen LogP contribution in [0.2, 0.25) is 0 Å². The molecule has 5 aromatic rings. The molecule has 2 heterocycles. The fraction of sp³-hybridized carbons (Fsp3) is 0.340. The summed E-state index contributed by atoms with van der Waals surface area (Å²) in [6.45, 7) is 5.75. The van der Waals surface area contributed by atoms with Crippen LogP contribution in [0.4, 0.5) is 4.79 Å². The number of β-amino-alcohol motifs (C(OH)–C–C–N with tert-alkyl or cyclic N) is 1. The van der Waals surface area contributed by atoms with Crippen LogP contribution in [0.25, 0.3) is 10.4 Å². The first-order chi connectivity index (χ1) is 29.9. The van der Waals surface area contributed by atoms with Crippen LogP contribution in [0.1, 0.15) is 48.2 Å². The molecular weight excluding hydrogens is 827 g/mol. The van der Waals surface area contributed by atoms with Gasteiger partial charge in [-0.3, -0.25) is 14.4 Å². The second-order valence-corrected chi connectivity index (χ2v) is 18.1. The monoisotopic (exact) mass is 879 g/mol. The summed E-state index contributed by atoms with van der Waals surface area (Å²) in [5, 5.41) is 17.0. The smallest absolute Gasteiger partial charge is 0.404 e. The molecule has 0 aliphatic carbocycles. The van der Waals surface area contributed by atoms with E-state index in [-0.39, 0.29) is 52.5 Å². The predicted octanol–water partition coefficient (Wildman–Crippen LogP) is 5.81. The summed E-state index contributed by atoms with van der Waals surface area (Å²) in [6.07, 6.45) is -1.83. The normalized spacial score (nSPS) is 15.8. The molecule has 326 valence electrons. The van der Waals surface area contributed by atoms with Crippen molar-refractivity contribution in [3.8, 4) is 10.4 Å². The topological polar surface area (TPSA) is 182 Å². The van der Waals surface area contributed by atoms with Crippen molar-refractivity contribution in [2.24, 2.45) is 5.73 Å². The van der Waals surface area contributed by atoms with Crippen molar-refractivity contribution in [2.75, 3.05) is 39.6 Å². The van der Waals surface area contributed by atoms with Crippen LogP contribution in [0, 0.1) is 6.92 Å². The SMILES string of the molecule is Cc1ncsc1-c1ccc(CNC(=O)[C@@H]2C[C@@H](O)CN2C(=O)C(NC(=O)COCCOCCOC(N)=O)C(C)(C)SC(c2ccccc2)(c2ccccc2)c2ccccc2)cc1. The lowest BCUT2D eigenvalue weighted by molar-refractivity contribution is -0.142. The Kier molecular flexibility index (Phi) is 15.9. The largest absolute Gasteiger partial charge is 0.447 e. The van der Waals surface area contributed by atoms with Crippen molar-refractivity contribution in [1.82, 2.24) is 20.5 Å². The Morgan fingerprint density at radius 2 is 1.42 bits per heavy atom. The summed E-state index contributed by atoms with van der Waals surface area (Å²) >= 11 is 3.08. The van der Waals surface area contributed by atoms with E-state index in [1.54, 1.807) is 11.3 Å². The average molecular weight is 880 g/mol. The highest BCUT2D eigenvalue weighted by Crippen LogP contribution is 2.54. The van der Waals surface area contributed by atoms with Crippen LogP contribution < -0.4 is 16.4 Å². The number of aromatic nitrogens is 1. The highest BCUT2D eigenvalue weighted by atomic mass is 32.2. The number of amides is 4. The molecule has 1 fully saturated rings. The molecular formula is C47H53N5O8S2. The Morgan fingerprint density at radius 3 is 1.97 bits per heavy atom. The van der Waals surface area contributed by atoms with Crippen LogP contribution in [0.15, 0.2) is 121 Å². The fourth-order valence-electron chi connectivity index (χ4n) is 7.60. The fourth-order valence-corrected chi connectivity index (χ4v) is 10.2. The van der Waals surface area contributed by atoms with Gasteiger partial charge in [0.05, 0.1) is 46.8 Å². The summed E-state index contributed by atoms with van der Waals surface area (Å²) in [5.41, 5.74) is 12.5. The molecule has 1 aliphatic heterocycles. The highest BCUT2D eigenvalue weighted by molar-refractivity contribution is 8.02. The van der Waals surface area contributed by atoms with E-state index in [0.717, 1.165) is 38.4 Å². The zero-order valence-corrected chi connectivity index (χ0v) is 36.7. The lowest BCUT2D eigenvalue weighted by Gasteiger charge is -2.45. The Bertz CT molecular complexity index is 2150. The number of aliphatic hydroxyl groups excluding tert-OH is 1. The van der Waals surface area contributed by atoms with Gasteiger partial charge in [0.2, 0.25) is 17.7 Å². The van der Waals surface area contributed by atoms with Gasteiger partial charge in [-0.15, -0.1) is 23.1 Å². The molecule has 3 atom stereocenters. The van der Waals surface area contributed by atoms with Gasteiger partial charge in [-0.25, -0.2) is 9.78 Å². The van der Waals surface area contributed by atoms with Gasteiger partial charge in [-0.1, -0.05) is 115 Å². The van der Waals surface area contributed by atoms with Crippen LogP contribution in [-0.4, -0.2) is 101 Å². The third-order valence-corrected chi connectivity index (χ3v) is 13.3. The zero-order chi connectivity index (χ0) is 44.1. The number of aliphatic hydroxyl groups is 1. The molecule has 0 bridgehead atoms. The Balaban J connectivity index is 1.27. The molecule has 1 aromatic heterocycles. The first-order valence-electron chi connectivity index (χ1n) is 20.4.